The average molecular weight is 268 g/mol. The van der Waals surface area contributed by atoms with E-state index in [0.717, 1.165) is 13.9 Å². The predicted molar refractivity (Wildman–Crippen MR) is 58.6 cm³/mol. The number of hydrogen-bond acceptors (Lipinski definition) is 5. The first-order valence-electron chi connectivity index (χ1n) is 3.43. The summed E-state index contributed by atoms with van der Waals surface area (Å²) in [6, 6.07) is 0. The largest absolute Gasteiger partial charge is 0.300 e. The summed E-state index contributed by atoms with van der Waals surface area (Å²) in [5.74, 6) is 5.23. The Bertz CT molecular complexity index is 261. The van der Waals surface area contributed by atoms with Crippen LogP contribution in [0, 0.1) is 0 Å². The van der Waals surface area contributed by atoms with Gasteiger partial charge >= 0.3 is 0 Å². The smallest absolute Gasteiger partial charge is 0.199 e. The van der Waals surface area contributed by atoms with Gasteiger partial charge < -0.3 is 0 Å². The van der Waals surface area contributed by atoms with E-state index >= 15 is 0 Å². The van der Waals surface area contributed by atoms with E-state index in [4.69, 9.17) is 5.84 Å². The van der Waals surface area contributed by atoms with Crippen molar-refractivity contribution >= 4 is 44.2 Å². The van der Waals surface area contributed by atoms with Crippen molar-refractivity contribution < 1.29 is 0 Å². The molecule has 1 aromatic rings. The molecule has 0 aliphatic rings. The van der Waals surface area contributed by atoms with E-state index in [9.17, 15) is 0 Å². The third kappa shape index (κ3) is 2.62. The van der Waals surface area contributed by atoms with E-state index in [2.05, 4.69) is 40.2 Å². The maximum absolute atomic E-state index is 5.23. The second-order valence-corrected chi connectivity index (χ2v) is 6.00. The number of hydrogen-bond donors (Lipinski definition) is 2. The molecule has 3 nitrogen and oxygen atoms in total. The predicted octanol–water partition coefficient (Wildman–Crippen LogP) is 2.69. The highest BCUT2D eigenvalue weighted by Crippen LogP contribution is 2.37. The van der Waals surface area contributed by atoms with Crippen LogP contribution in [0.2, 0.25) is 0 Å². The average Bonchev–Trinajstić information content (AvgIpc) is 2.31. The van der Waals surface area contributed by atoms with Gasteiger partial charge in [-0.05, 0) is 15.9 Å². The fourth-order valence-electron chi connectivity index (χ4n) is 0.636. The SMILES string of the molecule is CC(C)Sc1sc(NN)nc1Br. The fourth-order valence-corrected chi connectivity index (χ4v) is 3.53. The Morgan fingerprint density at radius 3 is 2.75 bits per heavy atom. The second-order valence-electron chi connectivity index (χ2n) is 2.41. The molecule has 3 N–H and O–H groups in total. The Kier molecular flexibility index (Phi) is 3.82. The fraction of sp³-hybridized carbons (Fsp3) is 0.500. The van der Waals surface area contributed by atoms with Crippen LogP contribution in [0.5, 0.6) is 0 Å². The van der Waals surface area contributed by atoms with Crippen molar-refractivity contribution in [1.82, 2.24) is 4.98 Å². The van der Waals surface area contributed by atoms with E-state index in [1.54, 1.807) is 23.1 Å². The zero-order chi connectivity index (χ0) is 9.14. The normalized spacial score (nSPS) is 10.8. The number of rotatable bonds is 3. The summed E-state index contributed by atoms with van der Waals surface area (Å²) in [6.07, 6.45) is 0. The molecular formula is C6H10BrN3S2. The number of nitrogens with zero attached hydrogens (tertiary/aromatic N) is 1. The minimum Gasteiger partial charge on any atom is -0.300 e. The third-order valence-electron chi connectivity index (χ3n) is 1.02. The number of nitrogen functional groups attached to an aromatic ring is 1. The summed E-state index contributed by atoms with van der Waals surface area (Å²) >= 11 is 6.70. The summed E-state index contributed by atoms with van der Waals surface area (Å²) < 4.78 is 2.04. The van der Waals surface area contributed by atoms with Crippen molar-refractivity contribution in [2.45, 2.75) is 23.3 Å². The minimum absolute atomic E-state index is 0.562. The molecule has 0 spiro atoms. The lowest BCUT2D eigenvalue weighted by Crippen LogP contribution is -2.05. The van der Waals surface area contributed by atoms with Crippen LogP contribution >= 0.6 is 39.0 Å². The summed E-state index contributed by atoms with van der Waals surface area (Å²) in [6.45, 7) is 4.29. The maximum Gasteiger partial charge on any atom is 0.199 e. The van der Waals surface area contributed by atoms with Crippen LogP contribution in [0.15, 0.2) is 8.81 Å². The van der Waals surface area contributed by atoms with E-state index < -0.39 is 0 Å². The molecular weight excluding hydrogens is 258 g/mol. The standard InChI is InChI=1S/C6H10BrN3S2/c1-3(2)11-5-4(7)9-6(10-8)12-5/h3H,8H2,1-2H3,(H,9,10). The highest BCUT2D eigenvalue weighted by molar-refractivity contribution is 9.10. The number of thiazole rings is 1. The molecule has 0 saturated carbocycles. The lowest BCUT2D eigenvalue weighted by atomic mass is 10.6. The molecule has 0 amide bonds. The lowest BCUT2D eigenvalue weighted by Gasteiger charge is -1.99. The van der Waals surface area contributed by atoms with Crippen LogP contribution < -0.4 is 11.3 Å². The van der Waals surface area contributed by atoms with E-state index in [1.165, 1.54) is 0 Å². The number of thioether (sulfide) groups is 1. The molecule has 0 radical (unpaired) electrons. The Labute approximate surface area is 88.2 Å². The molecule has 0 aliphatic heterocycles. The van der Waals surface area contributed by atoms with E-state index in [-0.39, 0.29) is 0 Å². The van der Waals surface area contributed by atoms with Gasteiger partial charge in [-0.2, -0.15) is 0 Å². The first kappa shape index (κ1) is 10.3. The van der Waals surface area contributed by atoms with Gasteiger partial charge in [-0.1, -0.05) is 25.2 Å². The van der Waals surface area contributed by atoms with Crippen molar-refractivity contribution in [3.05, 3.63) is 4.60 Å². The minimum atomic E-state index is 0.562. The zero-order valence-electron chi connectivity index (χ0n) is 6.80. The van der Waals surface area contributed by atoms with Gasteiger partial charge in [0, 0.05) is 5.25 Å². The molecule has 0 fully saturated rings. The van der Waals surface area contributed by atoms with Crippen molar-refractivity contribution in [1.29, 1.82) is 0 Å². The molecule has 0 saturated heterocycles. The molecule has 0 atom stereocenters. The molecule has 6 heteroatoms. The molecule has 1 rings (SSSR count). The number of nitrogens with two attached hydrogens (primary N) is 1. The monoisotopic (exact) mass is 267 g/mol. The quantitative estimate of drug-likeness (QED) is 0.503. The van der Waals surface area contributed by atoms with Gasteiger partial charge in [0.1, 0.15) is 4.60 Å². The van der Waals surface area contributed by atoms with Gasteiger partial charge in [-0.15, -0.1) is 11.8 Å². The third-order valence-corrected chi connectivity index (χ3v) is 4.32. The van der Waals surface area contributed by atoms with E-state index in [0.29, 0.717) is 5.25 Å². The Balaban J connectivity index is 2.77. The molecule has 1 aromatic heterocycles. The van der Waals surface area contributed by atoms with E-state index in [1.807, 2.05) is 0 Å². The van der Waals surface area contributed by atoms with Crippen LogP contribution in [0.1, 0.15) is 13.8 Å². The lowest BCUT2D eigenvalue weighted by molar-refractivity contribution is 1.11. The summed E-state index contributed by atoms with van der Waals surface area (Å²) in [7, 11) is 0. The Morgan fingerprint density at radius 1 is 1.67 bits per heavy atom. The van der Waals surface area contributed by atoms with Crippen molar-refractivity contribution in [3.8, 4) is 0 Å². The number of nitrogens with one attached hydrogen (secondary N) is 1. The topological polar surface area (TPSA) is 50.9 Å². The summed E-state index contributed by atoms with van der Waals surface area (Å²) in [5, 5.41) is 1.30. The van der Waals surface area contributed by atoms with Gasteiger partial charge in [0.05, 0.1) is 4.21 Å². The molecule has 0 unspecified atom stereocenters. The maximum atomic E-state index is 5.23. The summed E-state index contributed by atoms with van der Waals surface area (Å²) in [5.41, 5.74) is 2.53. The van der Waals surface area contributed by atoms with Gasteiger partial charge in [0.15, 0.2) is 5.13 Å². The molecule has 0 bridgehead atoms. The molecule has 0 aliphatic carbocycles. The van der Waals surface area contributed by atoms with Gasteiger partial charge in [-0.25, -0.2) is 10.8 Å². The van der Waals surface area contributed by atoms with Crippen molar-refractivity contribution in [3.63, 3.8) is 0 Å². The van der Waals surface area contributed by atoms with Crippen LogP contribution in [-0.2, 0) is 0 Å². The van der Waals surface area contributed by atoms with Gasteiger partial charge in [-0.3, -0.25) is 5.43 Å². The van der Waals surface area contributed by atoms with Crippen molar-refractivity contribution in [2.75, 3.05) is 5.43 Å². The molecule has 0 aromatic carbocycles. The first-order valence-corrected chi connectivity index (χ1v) is 5.92. The highest BCUT2D eigenvalue weighted by Gasteiger charge is 2.09. The van der Waals surface area contributed by atoms with Crippen LogP contribution in [0.4, 0.5) is 5.13 Å². The Hall–Kier alpha value is 0.220. The number of halogens is 1. The highest BCUT2D eigenvalue weighted by atomic mass is 79.9. The number of aromatic nitrogens is 1. The van der Waals surface area contributed by atoms with Gasteiger partial charge in [0.2, 0.25) is 0 Å². The van der Waals surface area contributed by atoms with Crippen LogP contribution in [-0.4, -0.2) is 10.2 Å². The van der Waals surface area contributed by atoms with Crippen LogP contribution in [0.25, 0.3) is 0 Å². The van der Waals surface area contributed by atoms with Gasteiger partial charge in [0.25, 0.3) is 0 Å². The molecule has 12 heavy (non-hydrogen) atoms. The summed E-state index contributed by atoms with van der Waals surface area (Å²) in [4.78, 5) is 4.16. The van der Waals surface area contributed by atoms with Crippen LogP contribution in [0.3, 0.4) is 0 Å². The Morgan fingerprint density at radius 2 is 2.33 bits per heavy atom. The first-order chi connectivity index (χ1) is 5.63. The molecule has 68 valence electrons. The second kappa shape index (κ2) is 4.45. The molecule has 1 heterocycles. The zero-order valence-corrected chi connectivity index (χ0v) is 10.0. The number of hydrazine groups is 1. The van der Waals surface area contributed by atoms with Crippen molar-refractivity contribution in [2.24, 2.45) is 5.84 Å². The number of anilines is 1.